The summed E-state index contributed by atoms with van der Waals surface area (Å²) in [5.41, 5.74) is 1.47. The number of nitrogens with one attached hydrogen (secondary N) is 1. The molecule has 118 valence electrons. The van der Waals surface area contributed by atoms with Crippen molar-refractivity contribution in [3.63, 3.8) is 0 Å². The van der Waals surface area contributed by atoms with E-state index in [0.717, 1.165) is 15.1 Å². The van der Waals surface area contributed by atoms with Crippen molar-refractivity contribution < 1.29 is 9.21 Å². The number of hydrogen-bond acceptors (Lipinski definition) is 5. The molecule has 0 unspecified atom stereocenters. The highest BCUT2D eigenvalue weighted by molar-refractivity contribution is 7.13. The van der Waals surface area contributed by atoms with Crippen LogP contribution in [0.25, 0.3) is 10.8 Å². The summed E-state index contributed by atoms with van der Waals surface area (Å²) in [5.74, 6) is -0.895. The van der Waals surface area contributed by atoms with Crippen LogP contribution in [0.2, 0.25) is 5.02 Å². The number of amides is 1. The third-order valence-electron chi connectivity index (χ3n) is 3.03. The molecule has 23 heavy (non-hydrogen) atoms. The van der Waals surface area contributed by atoms with E-state index in [1.807, 2.05) is 24.4 Å². The van der Waals surface area contributed by atoms with Gasteiger partial charge < -0.3 is 9.73 Å². The van der Waals surface area contributed by atoms with Gasteiger partial charge in [0.15, 0.2) is 0 Å². The number of carbonyl (C=O) groups is 1. The van der Waals surface area contributed by atoms with Crippen LogP contribution in [0.15, 0.2) is 44.9 Å². The summed E-state index contributed by atoms with van der Waals surface area (Å²) in [4.78, 5) is 24.6. The first-order valence-corrected chi connectivity index (χ1v) is 7.96. The molecule has 0 aliphatic rings. The van der Waals surface area contributed by atoms with E-state index in [1.54, 1.807) is 18.2 Å². The molecule has 1 N–H and O–H groups in total. The second-order valence-corrected chi connectivity index (χ2v) is 6.19. The summed E-state index contributed by atoms with van der Waals surface area (Å²) in [6.07, 6.45) is 0. The zero-order valence-electron chi connectivity index (χ0n) is 12.1. The van der Waals surface area contributed by atoms with Gasteiger partial charge in [0.25, 0.3) is 5.89 Å². The number of hydrogen-bond donors (Lipinski definition) is 1. The van der Waals surface area contributed by atoms with Crippen LogP contribution in [-0.4, -0.2) is 15.7 Å². The van der Waals surface area contributed by atoms with Crippen LogP contribution in [0.3, 0.4) is 0 Å². The van der Waals surface area contributed by atoms with E-state index >= 15 is 0 Å². The van der Waals surface area contributed by atoms with E-state index in [-0.39, 0.29) is 12.4 Å². The summed E-state index contributed by atoms with van der Waals surface area (Å²) < 4.78 is 6.03. The molecule has 1 aromatic carbocycles. The van der Waals surface area contributed by atoms with Crippen molar-refractivity contribution in [2.24, 2.45) is 0 Å². The Kier molecular flexibility index (Phi) is 4.31. The summed E-state index contributed by atoms with van der Waals surface area (Å²) in [6, 6.07) is 8.89. The zero-order valence-corrected chi connectivity index (χ0v) is 13.6. The first kappa shape index (κ1) is 15.5. The van der Waals surface area contributed by atoms with Crippen LogP contribution in [-0.2, 0) is 11.3 Å². The number of aromatic nitrogens is 2. The molecule has 3 aromatic rings. The monoisotopic (exact) mass is 349 g/mol. The van der Waals surface area contributed by atoms with Gasteiger partial charge in [-0.15, -0.1) is 16.4 Å². The van der Waals surface area contributed by atoms with Crippen molar-refractivity contribution in [3.05, 3.63) is 56.8 Å². The van der Waals surface area contributed by atoms with Gasteiger partial charge >= 0.3 is 5.76 Å². The Hall–Kier alpha value is -2.38. The Morgan fingerprint density at radius 1 is 1.43 bits per heavy atom. The van der Waals surface area contributed by atoms with Crippen LogP contribution in [0.5, 0.6) is 0 Å². The van der Waals surface area contributed by atoms with Gasteiger partial charge in [0.2, 0.25) is 5.91 Å². The fourth-order valence-corrected chi connectivity index (χ4v) is 2.88. The predicted molar refractivity (Wildman–Crippen MR) is 88.9 cm³/mol. The van der Waals surface area contributed by atoms with E-state index < -0.39 is 11.7 Å². The normalized spacial score (nSPS) is 10.7. The van der Waals surface area contributed by atoms with Gasteiger partial charge in [0, 0.05) is 0 Å². The van der Waals surface area contributed by atoms with Crippen molar-refractivity contribution in [3.8, 4) is 10.8 Å². The van der Waals surface area contributed by atoms with Crippen molar-refractivity contribution >= 4 is 34.5 Å². The van der Waals surface area contributed by atoms with Gasteiger partial charge in [0.1, 0.15) is 6.54 Å². The average molecular weight is 350 g/mol. The first-order chi connectivity index (χ1) is 11.0. The van der Waals surface area contributed by atoms with Crippen molar-refractivity contribution in [2.45, 2.75) is 13.5 Å². The van der Waals surface area contributed by atoms with E-state index in [2.05, 4.69) is 10.4 Å². The molecule has 0 aliphatic heterocycles. The van der Waals surface area contributed by atoms with Crippen LogP contribution in [0.4, 0.5) is 5.69 Å². The Morgan fingerprint density at radius 2 is 2.26 bits per heavy atom. The number of nitrogens with zero attached hydrogens (tertiary/aromatic N) is 2. The summed E-state index contributed by atoms with van der Waals surface area (Å²) in [6.45, 7) is 1.65. The van der Waals surface area contributed by atoms with Gasteiger partial charge in [-0.05, 0) is 36.1 Å². The minimum absolute atomic E-state index is 0.200. The molecule has 0 fully saturated rings. The standard InChI is InChI=1S/C15H12ClN3O3S/c1-9-4-5-11(10(16)7-9)17-13(20)8-19-15(21)22-14(18-19)12-3-2-6-23-12/h2-7H,8H2,1H3,(H,17,20). The molecule has 2 heterocycles. The van der Waals surface area contributed by atoms with E-state index in [1.165, 1.54) is 11.3 Å². The molecule has 0 radical (unpaired) electrons. The average Bonchev–Trinajstić information content (AvgIpc) is 3.13. The molecule has 0 saturated heterocycles. The zero-order chi connectivity index (χ0) is 16.4. The van der Waals surface area contributed by atoms with Crippen LogP contribution in [0, 0.1) is 6.92 Å². The van der Waals surface area contributed by atoms with E-state index in [9.17, 15) is 9.59 Å². The third-order valence-corrected chi connectivity index (χ3v) is 4.20. The molecule has 0 aliphatic carbocycles. The second-order valence-electron chi connectivity index (χ2n) is 4.84. The van der Waals surface area contributed by atoms with Gasteiger partial charge in [-0.2, -0.15) is 4.68 Å². The van der Waals surface area contributed by atoms with Gasteiger partial charge in [-0.25, -0.2) is 4.79 Å². The smallest absolute Gasteiger partial charge is 0.387 e. The van der Waals surface area contributed by atoms with Crippen LogP contribution in [0.1, 0.15) is 5.56 Å². The third kappa shape index (κ3) is 3.52. The summed E-state index contributed by atoms with van der Waals surface area (Å²) >= 11 is 7.46. The lowest BCUT2D eigenvalue weighted by Gasteiger charge is -2.07. The largest absolute Gasteiger partial charge is 0.437 e. The minimum Gasteiger partial charge on any atom is -0.387 e. The Labute approximate surface area is 140 Å². The van der Waals surface area contributed by atoms with Gasteiger partial charge in [-0.1, -0.05) is 23.7 Å². The number of carbonyl (C=O) groups excluding carboxylic acids is 1. The molecule has 6 nitrogen and oxygen atoms in total. The number of benzene rings is 1. The summed E-state index contributed by atoms with van der Waals surface area (Å²) in [7, 11) is 0. The van der Waals surface area contributed by atoms with Gasteiger partial charge in [0.05, 0.1) is 15.6 Å². The van der Waals surface area contributed by atoms with E-state index in [4.69, 9.17) is 16.0 Å². The Balaban J connectivity index is 1.74. The number of thiophene rings is 1. The first-order valence-electron chi connectivity index (χ1n) is 6.71. The van der Waals surface area contributed by atoms with E-state index in [0.29, 0.717) is 10.7 Å². The maximum absolute atomic E-state index is 12.1. The number of rotatable bonds is 4. The van der Waals surface area contributed by atoms with Crippen molar-refractivity contribution in [2.75, 3.05) is 5.32 Å². The molecule has 0 spiro atoms. The molecular formula is C15H12ClN3O3S. The number of anilines is 1. The lowest BCUT2D eigenvalue weighted by molar-refractivity contribution is -0.117. The number of aryl methyl sites for hydroxylation is 1. The quantitative estimate of drug-likeness (QED) is 0.784. The minimum atomic E-state index is -0.682. The molecular weight excluding hydrogens is 338 g/mol. The summed E-state index contributed by atoms with van der Waals surface area (Å²) in [5, 5.41) is 8.95. The second kappa shape index (κ2) is 6.39. The fourth-order valence-electron chi connectivity index (χ4n) is 1.95. The van der Waals surface area contributed by atoms with Crippen molar-refractivity contribution in [1.29, 1.82) is 0 Å². The molecule has 0 atom stereocenters. The highest BCUT2D eigenvalue weighted by Crippen LogP contribution is 2.23. The lowest BCUT2D eigenvalue weighted by Crippen LogP contribution is -2.26. The highest BCUT2D eigenvalue weighted by Gasteiger charge is 2.14. The molecule has 0 saturated carbocycles. The van der Waals surface area contributed by atoms with Crippen LogP contribution >= 0.6 is 22.9 Å². The lowest BCUT2D eigenvalue weighted by atomic mass is 10.2. The number of halogens is 1. The molecule has 1 amide bonds. The fraction of sp³-hybridized carbons (Fsp3) is 0.133. The van der Waals surface area contributed by atoms with Crippen molar-refractivity contribution in [1.82, 2.24) is 9.78 Å². The SMILES string of the molecule is Cc1ccc(NC(=O)Cn2nc(-c3cccs3)oc2=O)c(Cl)c1. The maximum atomic E-state index is 12.1. The highest BCUT2D eigenvalue weighted by atomic mass is 35.5. The Bertz CT molecular complexity index is 899. The molecule has 3 rings (SSSR count). The maximum Gasteiger partial charge on any atom is 0.437 e. The Morgan fingerprint density at radius 3 is 2.96 bits per heavy atom. The topological polar surface area (TPSA) is 77.1 Å². The predicted octanol–water partition coefficient (Wildman–Crippen LogP) is 3.17. The van der Waals surface area contributed by atoms with Crippen LogP contribution < -0.4 is 11.1 Å². The van der Waals surface area contributed by atoms with Gasteiger partial charge in [-0.3, -0.25) is 4.79 Å². The molecule has 8 heteroatoms. The molecule has 2 aromatic heterocycles. The molecule has 0 bridgehead atoms.